The molecule has 0 amide bonds. The Kier molecular flexibility index (Phi) is 10.8. The maximum atomic E-state index is 6.20. The number of halogens is 2. The lowest BCUT2D eigenvalue weighted by Gasteiger charge is -2.40. The quantitative estimate of drug-likeness (QED) is 0.658. The van der Waals surface area contributed by atoms with Gasteiger partial charge in [-0.25, -0.2) is 0 Å². The van der Waals surface area contributed by atoms with Crippen molar-refractivity contribution >= 4 is 24.0 Å². The van der Waals surface area contributed by atoms with E-state index in [2.05, 4.69) is 74.0 Å². The summed E-state index contributed by atoms with van der Waals surface area (Å²) in [6.07, 6.45) is 0. The van der Waals surface area contributed by atoms with Crippen LogP contribution in [0.1, 0.15) is 18.1 Å². The van der Waals surface area contributed by atoms with Gasteiger partial charge in [0.05, 0.1) is 0 Å². The Morgan fingerprint density at radius 1 is 1.08 bits per heavy atom. The van der Waals surface area contributed by atoms with Gasteiger partial charge in [-0.05, 0) is 18.2 Å². The first-order valence-electron chi connectivity index (χ1n) is 8.18. The number of methoxy groups -OCH3 is 1. The highest BCUT2D eigenvalue weighted by molar-refractivity contribution is 6.29. The molecule has 2 aromatic carbocycles. The topological polar surface area (TPSA) is 44.0 Å². The molecule has 1 unspecified atom stereocenters. The fraction of sp³-hybridized carbons (Fsp3) is 0.333. The summed E-state index contributed by atoms with van der Waals surface area (Å²) in [5, 5.41) is 0.645. The van der Waals surface area contributed by atoms with E-state index in [4.69, 9.17) is 16.3 Å². The van der Waals surface area contributed by atoms with E-state index in [0.29, 0.717) is 11.6 Å². The van der Waals surface area contributed by atoms with Gasteiger partial charge >= 0.3 is 0 Å². The first kappa shape index (κ1) is 24.6. The molecule has 0 aliphatic heterocycles. The fourth-order valence-electron chi connectivity index (χ4n) is 3.50. The number of rotatable bonds is 8. The number of hydrogen-bond acceptors (Lipinski definition) is 2. The molecule has 0 spiro atoms. The van der Waals surface area contributed by atoms with E-state index in [0.717, 1.165) is 17.7 Å². The molecule has 2 rings (SSSR count). The summed E-state index contributed by atoms with van der Waals surface area (Å²) in [6.45, 7) is 7.51. The highest BCUT2D eigenvalue weighted by Gasteiger charge is 2.40. The molecule has 0 fully saturated rings. The van der Waals surface area contributed by atoms with Gasteiger partial charge in [0.2, 0.25) is 0 Å². The summed E-state index contributed by atoms with van der Waals surface area (Å²) in [5.74, 6) is 0.216. The average molecular weight is 398 g/mol. The number of benzene rings is 2. The second-order valence-corrected chi connectivity index (χ2v) is 6.82. The van der Waals surface area contributed by atoms with Crippen LogP contribution in [0.5, 0.6) is 0 Å². The number of hydrogen-bond donors (Lipinski definition) is 0. The summed E-state index contributed by atoms with van der Waals surface area (Å²) in [6, 6.07) is 20.8. The summed E-state index contributed by atoms with van der Waals surface area (Å²) in [7, 11) is 3.84. The molecule has 5 heteroatoms. The Balaban J connectivity index is 0.00000312. The Morgan fingerprint density at radius 3 is 1.85 bits per heavy atom. The van der Waals surface area contributed by atoms with Crippen LogP contribution in [-0.2, 0) is 10.3 Å². The van der Waals surface area contributed by atoms with Gasteiger partial charge in [0.1, 0.15) is 5.60 Å². The van der Waals surface area contributed by atoms with Crippen molar-refractivity contribution in [2.24, 2.45) is 5.92 Å². The number of ether oxygens (including phenoxy) is 1. The van der Waals surface area contributed by atoms with Crippen LogP contribution in [-0.4, -0.2) is 37.6 Å². The lowest BCUT2D eigenvalue weighted by Crippen LogP contribution is -2.42. The van der Waals surface area contributed by atoms with Gasteiger partial charge in [-0.3, -0.25) is 0 Å². The Morgan fingerprint density at radius 2 is 1.50 bits per heavy atom. The molecule has 3 nitrogen and oxygen atoms in total. The molecule has 2 aromatic rings. The molecule has 0 radical (unpaired) electrons. The first-order valence-corrected chi connectivity index (χ1v) is 8.56. The normalized spacial score (nSPS) is 12.0. The smallest absolute Gasteiger partial charge is 0.121 e. The minimum absolute atomic E-state index is 0. The van der Waals surface area contributed by atoms with Crippen molar-refractivity contribution in [3.8, 4) is 0 Å². The molecular formula is C21H29Cl2NO2. The van der Waals surface area contributed by atoms with Gasteiger partial charge in [-0.15, -0.1) is 12.4 Å². The van der Waals surface area contributed by atoms with Crippen LogP contribution >= 0.6 is 24.0 Å². The lowest BCUT2D eigenvalue weighted by molar-refractivity contribution is -0.0315. The molecule has 1 atom stereocenters. The van der Waals surface area contributed by atoms with E-state index in [9.17, 15) is 0 Å². The minimum Gasteiger partial charge on any atom is -0.412 e. The molecular weight excluding hydrogens is 369 g/mol. The number of nitrogens with zero attached hydrogens (tertiary/aromatic N) is 1. The SMILES string of the molecule is C=C(Cl)CN(C)CC(C)C(OC)(c1ccccc1)c1ccccc1.Cl.O. The molecule has 0 aliphatic carbocycles. The fourth-order valence-corrected chi connectivity index (χ4v) is 3.70. The van der Waals surface area contributed by atoms with Crippen LogP contribution in [0.25, 0.3) is 0 Å². The zero-order chi connectivity index (χ0) is 17.6. The van der Waals surface area contributed by atoms with Gasteiger partial charge in [0.15, 0.2) is 0 Å². The first-order chi connectivity index (χ1) is 11.5. The van der Waals surface area contributed by atoms with Gasteiger partial charge in [0, 0.05) is 31.1 Å². The van der Waals surface area contributed by atoms with Gasteiger partial charge < -0.3 is 15.1 Å². The molecule has 0 aromatic heterocycles. The summed E-state index contributed by atoms with van der Waals surface area (Å²) < 4.78 is 6.20. The molecule has 0 saturated heterocycles. The minimum atomic E-state index is -0.509. The standard InChI is InChI=1S/C21H26ClNO.ClH.H2O/c1-17(15-23(3)16-18(2)22)21(24-4,19-11-7-5-8-12-19)20-13-9-6-10-14-20;;/h5-14,17H,2,15-16H2,1,3-4H3;1H;1H2. The van der Waals surface area contributed by atoms with Crippen molar-refractivity contribution in [3.05, 3.63) is 83.4 Å². The van der Waals surface area contributed by atoms with E-state index in [1.54, 1.807) is 7.11 Å². The molecule has 2 N–H and O–H groups in total. The monoisotopic (exact) mass is 397 g/mol. The van der Waals surface area contributed by atoms with E-state index >= 15 is 0 Å². The second kappa shape index (κ2) is 11.4. The molecule has 0 aliphatic rings. The molecule has 0 bridgehead atoms. The second-order valence-electron chi connectivity index (χ2n) is 6.29. The van der Waals surface area contributed by atoms with Crippen molar-refractivity contribution < 1.29 is 10.2 Å². The van der Waals surface area contributed by atoms with Crippen LogP contribution in [0, 0.1) is 5.92 Å². The van der Waals surface area contributed by atoms with Crippen molar-refractivity contribution in [2.45, 2.75) is 12.5 Å². The average Bonchev–Trinajstić information content (AvgIpc) is 2.57. The maximum absolute atomic E-state index is 6.20. The largest absolute Gasteiger partial charge is 0.412 e. The van der Waals surface area contributed by atoms with Crippen molar-refractivity contribution in [2.75, 3.05) is 27.2 Å². The van der Waals surface area contributed by atoms with Crippen LogP contribution in [0.3, 0.4) is 0 Å². The summed E-state index contributed by atoms with van der Waals surface area (Å²) >= 11 is 5.97. The van der Waals surface area contributed by atoms with Crippen molar-refractivity contribution in [3.63, 3.8) is 0 Å². The third-order valence-electron chi connectivity index (χ3n) is 4.45. The van der Waals surface area contributed by atoms with E-state index < -0.39 is 5.60 Å². The maximum Gasteiger partial charge on any atom is 0.121 e. The highest BCUT2D eigenvalue weighted by Crippen LogP contribution is 2.40. The Hall–Kier alpha value is -1.36. The van der Waals surface area contributed by atoms with Gasteiger partial charge in [0.25, 0.3) is 0 Å². The van der Waals surface area contributed by atoms with E-state index in [-0.39, 0.29) is 23.8 Å². The van der Waals surface area contributed by atoms with Crippen molar-refractivity contribution in [1.29, 1.82) is 0 Å². The van der Waals surface area contributed by atoms with Crippen LogP contribution in [0.2, 0.25) is 0 Å². The molecule has 26 heavy (non-hydrogen) atoms. The number of likely N-dealkylation sites (N-methyl/N-ethyl adjacent to an activating group) is 1. The predicted octanol–water partition coefficient (Wildman–Crippen LogP) is 4.49. The zero-order valence-electron chi connectivity index (χ0n) is 15.6. The third-order valence-corrected chi connectivity index (χ3v) is 4.57. The summed E-state index contributed by atoms with van der Waals surface area (Å²) in [5.41, 5.74) is 1.80. The van der Waals surface area contributed by atoms with Gasteiger partial charge in [-0.1, -0.05) is 85.8 Å². The molecule has 0 saturated carbocycles. The Bertz CT molecular complexity index is 610. The molecule has 144 valence electrons. The van der Waals surface area contributed by atoms with Crippen LogP contribution in [0.4, 0.5) is 0 Å². The zero-order valence-corrected chi connectivity index (χ0v) is 17.2. The Labute approximate surface area is 168 Å². The highest BCUT2D eigenvalue weighted by atomic mass is 35.5. The molecule has 0 heterocycles. The van der Waals surface area contributed by atoms with E-state index in [1.165, 1.54) is 0 Å². The van der Waals surface area contributed by atoms with Crippen LogP contribution < -0.4 is 0 Å². The van der Waals surface area contributed by atoms with Crippen LogP contribution in [0.15, 0.2) is 72.3 Å². The lowest BCUT2D eigenvalue weighted by atomic mass is 9.76. The third kappa shape index (κ3) is 5.57. The van der Waals surface area contributed by atoms with Gasteiger partial charge in [-0.2, -0.15) is 0 Å². The predicted molar refractivity (Wildman–Crippen MR) is 113 cm³/mol. The summed E-state index contributed by atoms with van der Waals surface area (Å²) in [4.78, 5) is 2.18. The van der Waals surface area contributed by atoms with E-state index in [1.807, 2.05) is 12.1 Å². The van der Waals surface area contributed by atoms with Crippen molar-refractivity contribution in [1.82, 2.24) is 4.90 Å².